The second-order valence-corrected chi connectivity index (χ2v) is 9.45. The number of nitrogens with two attached hydrogens (primary N) is 1. The highest BCUT2D eigenvalue weighted by molar-refractivity contribution is 7.90. The Labute approximate surface area is 117 Å². The zero-order valence-corrected chi connectivity index (χ0v) is 13.0. The first kappa shape index (κ1) is 17.2. The number of ether oxygens (including phenoxy) is 1. The maximum Gasteiger partial charge on any atom is 0.280 e. The van der Waals surface area contributed by atoms with Crippen molar-refractivity contribution in [2.45, 2.75) is 49.3 Å². The van der Waals surface area contributed by atoms with Gasteiger partial charge in [-0.05, 0) is 33.6 Å². The Balaban J connectivity index is 2.58. The van der Waals surface area contributed by atoms with Crippen LogP contribution in [0.2, 0.25) is 0 Å². The molecule has 114 valence electrons. The van der Waals surface area contributed by atoms with Crippen molar-refractivity contribution in [3.05, 3.63) is 0 Å². The van der Waals surface area contributed by atoms with Crippen LogP contribution in [0.5, 0.6) is 0 Å². The molecule has 7 nitrogen and oxygen atoms in total. The van der Waals surface area contributed by atoms with E-state index in [1.807, 2.05) is 20.8 Å². The molecule has 0 amide bonds. The van der Waals surface area contributed by atoms with Gasteiger partial charge in [0.1, 0.15) is 15.7 Å². The Kier molecular flexibility index (Phi) is 5.27. The van der Waals surface area contributed by atoms with Crippen LogP contribution >= 0.6 is 0 Å². The van der Waals surface area contributed by atoms with Crippen LogP contribution in [0.25, 0.3) is 0 Å². The Morgan fingerprint density at radius 2 is 2.05 bits per heavy atom. The third-order valence-electron chi connectivity index (χ3n) is 2.91. The summed E-state index contributed by atoms with van der Waals surface area (Å²) in [4.78, 5) is 0. The number of hydrogen-bond acceptors (Lipinski definition) is 6. The van der Waals surface area contributed by atoms with Crippen molar-refractivity contribution < 1.29 is 22.3 Å². The smallest absolute Gasteiger partial charge is 0.280 e. The molecule has 1 fully saturated rings. The van der Waals surface area contributed by atoms with Crippen LogP contribution in [0.4, 0.5) is 0 Å². The fourth-order valence-corrected chi connectivity index (χ4v) is 2.86. The van der Waals surface area contributed by atoms with Crippen LogP contribution in [0.15, 0.2) is 0 Å². The standard InChI is InChI=1S/C10H22N2O5S2/c1-9(2,3)18(13)12-10(6-17-7-10)5-4-8(11)19(14,15)16/h8,12H,4-7,11H2,1-3H3,(H,14,15,16). The van der Waals surface area contributed by atoms with Crippen LogP contribution < -0.4 is 10.5 Å². The van der Waals surface area contributed by atoms with Crippen molar-refractivity contribution in [2.24, 2.45) is 5.73 Å². The molecule has 9 heteroatoms. The average Bonchev–Trinajstić information content (AvgIpc) is 2.17. The molecule has 1 aliphatic rings. The maximum absolute atomic E-state index is 12.1. The van der Waals surface area contributed by atoms with E-state index in [0.717, 1.165) is 0 Å². The highest BCUT2D eigenvalue weighted by atomic mass is 32.2. The third-order valence-corrected chi connectivity index (χ3v) is 5.64. The second kappa shape index (κ2) is 5.84. The highest BCUT2D eigenvalue weighted by Gasteiger charge is 2.45. The van der Waals surface area contributed by atoms with Gasteiger partial charge in [-0.2, -0.15) is 8.42 Å². The summed E-state index contributed by atoms with van der Waals surface area (Å²) in [6.07, 6.45) is 0.451. The summed E-state index contributed by atoms with van der Waals surface area (Å²) in [5, 5.41) is -1.32. The van der Waals surface area contributed by atoms with Gasteiger partial charge in [-0.25, -0.2) is 0 Å². The summed E-state index contributed by atoms with van der Waals surface area (Å²) >= 11 is -1.27. The second-order valence-electron chi connectivity index (χ2n) is 5.85. The molecule has 1 saturated heterocycles. The Bertz CT molecular complexity index is 403. The van der Waals surface area contributed by atoms with E-state index >= 15 is 0 Å². The van der Waals surface area contributed by atoms with E-state index in [1.165, 1.54) is 0 Å². The van der Waals surface area contributed by atoms with Crippen LogP contribution in [-0.4, -0.2) is 46.4 Å². The van der Waals surface area contributed by atoms with Gasteiger partial charge in [0, 0.05) is 11.4 Å². The number of hydrogen-bond donors (Lipinski definition) is 3. The molecule has 0 saturated carbocycles. The van der Waals surface area contributed by atoms with Gasteiger partial charge in [-0.1, -0.05) is 0 Å². The quantitative estimate of drug-likeness (QED) is 0.456. The van der Waals surface area contributed by atoms with Crippen molar-refractivity contribution in [3.63, 3.8) is 0 Å². The molecule has 2 unspecified atom stereocenters. The molecule has 0 aromatic carbocycles. The summed E-state index contributed by atoms with van der Waals surface area (Å²) < 4.78 is 50.3. The molecule has 1 aliphatic heterocycles. The maximum atomic E-state index is 12.1. The summed E-state index contributed by atoms with van der Waals surface area (Å²) in [6.45, 7) is 6.23. The van der Waals surface area contributed by atoms with Crippen molar-refractivity contribution in [2.75, 3.05) is 13.2 Å². The zero-order valence-electron chi connectivity index (χ0n) is 11.4. The van der Waals surface area contributed by atoms with Gasteiger partial charge < -0.3 is 15.0 Å². The van der Waals surface area contributed by atoms with Crippen molar-refractivity contribution in [3.8, 4) is 0 Å². The largest absolute Gasteiger partial charge is 0.598 e. The van der Waals surface area contributed by atoms with E-state index in [0.29, 0.717) is 19.6 Å². The van der Waals surface area contributed by atoms with E-state index in [-0.39, 0.29) is 6.42 Å². The molecular weight excluding hydrogens is 292 g/mol. The van der Waals surface area contributed by atoms with Gasteiger partial charge in [0.25, 0.3) is 10.1 Å². The van der Waals surface area contributed by atoms with Gasteiger partial charge in [0.05, 0.1) is 13.2 Å². The summed E-state index contributed by atoms with van der Waals surface area (Å²) in [5.41, 5.74) is 4.84. The molecule has 0 spiro atoms. The van der Waals surface area contributed by atoms with Crippen LogP contribution in [0.3, 0.4) is 0 Å². The number of rotatable bonds is 6. The Hall–Kier alpha value is 0.1000. The predicted octanol–water partition coefficient (Wildman–Crippen LogP) is -0.240. The first-order valence-electron chi connectivity index (χ1n) is 5.96. The van der Waals surface area contributed by atoms with Gasteiger partial charge in [-0.15, -0.1) is 4.72 Å². The Morgan fingerprint density at radius 1 is 1.53 bits per heavy atom. The van der Waals surface area contributed by atoms with E-state index in [2.05, 4.69) is 4.72 Å². The minimum Gasteiger partial charge on any atom is -0.598 e. The molecule has 2 atom stereocenters. The fraction of sp³-hybridized carbons (Fsp3) is 1.00. The highest BCUT2D eigenvalue weighted by Crippen LogP contribution is 2.27. The van der Waals surface area contributed by atoms with Crippen LogP contribution in [0, 0.1) is 0 Å². The van der Waals surface area contributed by atoms with E-state index < -0.39 is 37.1 Å². The minimum atomic E-state index is -4.23. The van der Waals surface area contributed by atoms with Crippen LogP contribution in [0.1, 0.15) is 33.6 Å². The molecule has 0 aliphatic carbocycles. The summed E-state index contributed by atoms with van der Waals surface area (Å²) in [6, 6.07) is 0. The molecule has 0 aromatic rings. The molecule has 1 rings (SSSR count). The minimum absolute atomic E-state index is 0.0799. The lowest BCUT2D eigenvalue weighted by molar-refractivity contribution is -0.0675. The average molecular weight is 314 g/mol. The normalized spacial score (nSPS) is 22.6. The van der Waals surface area contributed by atoms with Crippen molar-refractivity contribution in [1.82, 2.24) is 4.72 Å². The van der Waals surface area contributed by atoms with Crippen LogP contribution in [-0.2, 0) is 26.2 Å². The third kappa shape index (κ3) is 4.85. The zero-order chi connectivity index (χ0) is 14.9. The Morgan fingerprint density at radius 3 is 2.37 bits per heavy atom. The van der Waals surface area contributed by atoms with E-state index in [1.54, 1.807) is 0 Å². The van der Waals surface area contributed by atoms with E-state index in [9.17, 15) is 13.0 Å². The molecule has 0 radical (unpaired) electrons. The lowest BCUT2D eigenvalue weighted by Crippen LogP contribution is -2.64. The van der Waals surface area contributed by atoms with Crippen molar-refractivity contribution >= 4 is 21.5 Å². The number of nitrogens with one attached hydrogen (secondary N) is 1. The monoisotopic (exact) mass is 314 g/mol. The van der Waals surface area contributed by atoms with Gasteiger partial charge in [0.15, 0.2) is 0 Å². The first-order valence-corrected chi connectivity index (χ1v) is 8.61. The lowest BCUT2D eigenvalue weighted by Gasteiger charge is -2.43. The van der Waals surface area contributed by atoms with Crippen molar-refractivity contribution in [1.29, 1.82) is 0 Å². The molecule has 1 heterocycles. The SMILES string of the molecule is CC(C)(C)[S+]([O-])NC1(CCC(N)S(=O)(=O)O)COC1. The van der Waals surface area contributed by atoms with Gasteiger partial charge in [0.2, 0.25) is 0 Å². The topological polar surface area (TPSA) is 125 Å². The molecule has 0 bridgehead atoms. The lowest BCUT2D eigenvalue weighted by atomic mass is 9.93. The predicted molar refractivity (Wildman–Crippen MR) is 73.3 cm³/mol. The summed E-state index contributed by atoms with van der Waals surface area (Å²) in [7, 11) is -4.23. The fourth-order valence-electron chi connectivity index (χ4n) is 1.52. The van der Waals surface area contributed by atoms with Gasteiger partial charge in [-0.3, -0.25) is 4.55 Å². The first-order chi connectivity index (χ1) is 8.46. The molecule has 0 aromatic heterocycles. The molecule has 4 N–H and O–H groups in total. The van der Waals surface area contributed by atoms with E-state index in [4.69, 9.17) is 15.0 Å². The molecular formula is C10H22N2O5S2. The molecule has 19 heavy (non-hydrogen) atoms. The van der Waals surface area contributed by atoms with Gasteiger partial charge >= 0.3 is 0 Å². The summed E-state index contributed by atoms with van der Waals surface area (Å²) in [5.74, 6) is 0.